The molecule has 0 fully saturated rings. The predicted molar refractivity (Wildman–Crippen MR) is 132 cm³/mol. The summed E-state index contributed by atoms with van der Waals surface area (Å²) in [5.74, 6) is 3.80. The summed E-state index contributed by atoms with van der Waals surface area (Å²) in [5, 5.41) is 0. The van der Waals surface area contributed by atoms with E-state index in [1.54, 1.807) is 0 Å². The Balaban J connectivity index is 1.45. The molecule has 0 radical (unpaired) electrons. The minimum Gasteiger partial charge on any atom is -0.457 e. The highest BCUT2D eigenvalue weighted by molar-refractivity contribution is 5.44. The zero-order valence-corrected chi connectivity index (χ0v) is 19.5. The van der Waals surface area contributed by atoms with E-state index in [1.165, 1.54) is 33.4 Å². The van der Waals surface area contributed by atoms with Crippen molar-refractivity contribution in [3.63, 3.8) is 0 Å². The molecule has 2 heteroatoms. The fourth-order valence-corrected chi connectivity index (χ4v) is 3.76. The van der Waals surface area contributed by atoms with Gasteiger partial charge in [-0.15, -0.1) is 0 Å². The van der Waals surface area contributed by atoms with E-state index in [0.29, 0.717) is 0 Å². The molecule has 0 saturated heterocycles. The van der Waals surface area contributed by atoms with Gasteiger partial charge in [0.1, 0.15) is 23.0 Å². The summed E-state index contributed by atoms with van der Waals surface area (Å²) in [6.45, 7) is 10.6. The van der Waals surface area contributed by atoms with Gasteiger partial charge in [-0.3, -0.25) is 0 Å². The van der Waals surface area contributed by atoms with Crippen LogP contribution in [-0.4, -0.2) is 0 Å². The number of hydrogen-bond donors (Lipinski definition) is 0. The Labute approximate surface area is 191 Å². The van der Waals surface area contributed by atoms with E-state index in [-0.39, 0.29) is 5.92 Å². The normalized spacial score (nSPS) is 10.9. The summed E-state index contributed by atoms with van der Waals surface area (Å²) in [7, 11) is 0. The molecule has 4 aromatic rings. The molecule has 0 aliphatic rings. The maximum absolute atomic E-state index is 6.10. The second kappa shape index (κ2) is 9.32. The topological polar surface area (TPSA) is 18.5 Å². The van der Waals surface area contributed by atoms with Crippen molar-refractivity contribution in [3.8, 4) is 23.0 Å². The van der Waals surface area contributed by atoms with Crippen molar-refractivity contribution >= 4 is 0 Å². The summed E-state index contributed by atoms with van der Waals surface area (Å²) < 4.78 is 12.2. The molecule has 0 heterocycles. The van der Waals surface area contributed by atoms with Crippen LogP contribution < -0.4 is 9.47 Å². The van der Waals surface area contributed by atoms with Gasteiger partial charge in [0.2, 0.25) is 0 Å². The van der Waals surface area contributed by atoms with E-state index in [0.717, 1.165) is 23.0 Å². The minimum absolute atomic E-state index is 0.277. The van der Waals surface area contributed by atoms with Crippen LogP contribution in [0.25, 0.3) is 0 Å². The molecule has 0 atom stereocenters. The quantitative estimate of drug-likeness (QED) is 0.309. The summed E-state index contributed by atoms with van der Waals surface area (Å²) in [5.41, 5.74) is 7.32. The number of rotatable bonds is 6. The lowest BCUT2D eigenvalue weighted by molar-refractivity contribution is 0.478. The molecule has 4 aromatic carbocycles. The average molecular weight is 423 g/mol. The summed E-state index contributed by atoms with van der Waals surface area (Å²) in [6.07, 6.45) is 0. The van der Waals surface area contributed by atoms with Gasteiger partial charge in [-0.1, -0.05) is 55.5 Å². The van der Waals surface area contributed by atoms with Crippen LogP contribution >= 0.6 is 0 Å². The molecular formula is C30H30O2. The zero-order chi connectivity index (χ0) is 22.7. The first-order chi connectivity index (χ1) is 15.4. The molecule has 2 nitrogen and oxygen atoms in total. The molecule has 0 aliphatic carbocycles. The van der Waals surface area contributed by atoms with Crippen molar-refractivity contribution in [1.29, 1.82) is 0 Å². The van der Waals surface area contributed by atoms with Crippen LogP contribution in [0, 0.1) is 27.7 Å². The van der Waals surface area contributed by atoms with Crippen molar-refractivity contribution in [2.24, 2.45) is 0 Å². The van der Waals surface area contributed by atoms with E-state index in [1.807, 2.05) is 48.5 Å². The van der Waals surface area contributed by atoms with Crippen LogP contribution in [-0.2, 0) is 0 Å². The molecule has 162 valence electrons. The van der Waals surface area contributed by atoms with Crippen molar-refractivity contribution in [2.75, 3.05) is 0 Å². The summed E-state index contributed by atoms with van der Waals surface area (Å²) in [6, 6.07) is 29.1. The van der Waals surface area contributed by atoms with Crippen LogP contribution in [0.15, 0.2) is 84.9 Å². The van der Waals surface area contributed by atoms with Crippen LogP contribution in [0.1, 0.15) is 46.2 Å². The molecular weight excluding hydrogens is 392 g/mol. The number of aryl methyl sites for hydroxylation is 2. The molecule has 0 saturated carbocycles. The maximum atomic E-state index is 6.10. The van der Waals surface area contributed by atoms with E-state index in [4.69, 9.17) is 9.47 Å². The highest BCUT2D eigenvalue weighted by Gasteiger charge is 2.11. The minimum atomic E-state index is 0.277. The third-order valence-electron chi connectivity index (χ3n) is 6.33. The van der Waals surface area contributed by atoms with Gasteiger partial charge in [0.15, 0.2) is 0 Å². The fourth-order valence-electron chi connectivity index (χ4n) is 3.76. The largest absolute Gasteiger partial charge is 0.457 e. The smallest absolute Gasteiger partial charge is 0.130 e. The van der Waals surface area contributed by atoms with Crippen LogP contribution in [0.2, 0.25) is 0 Å². The fraction of sp³-hybridized carbons (Fsp3) is 0.200. The van der Waals surface area contributed by atoms with E-state index in [2.05, 4.69) is 71.0 Å². The first-order valence-corrected chi connectivity index (χ1v) is 11.1. The molecule has 0 aromatic heterocycles. The van der Waals surface area contributed by atoms with Gasteiger partial charge < -0.3 is 9.47 Å². The Morgan fingerprint density at radius 2 is 0.875 bits per heavy atom. The third-order valence-corrected chi connectivity index (χ3v) is 6.33. The molecule has 0 bridgehead atoms. The Morgan fingerprint density at radius 3 is 1.25 bits per heavy atom. The summed E-state index contributed by atoms with van der Waals surface area (Å²) in [4.78, 5) is 0. The first-order valence-electron chi connectivity index (χ1n) is 11.1. The Bertz CT molecular complexity index is 1110. The SMILES string of the molecule is Cc1cccc(Oc2ccc(C(C)c3ccc(Oc4cccc(C)c4C)cc3)cc2)c1C. The summed E-state index contributed by atoms with van der Waals surface area (Å²) >= 11 is 0. The molecule has 0 unspecified atom stereocenters. The van der Waals surface area contributed by atoms with Crippen LogP contribution in [0.3, 0.4) is 0 Å². The van der Waals surface area contributed by atoms with Crippen molar-refractivity contribution in [3.05, 3.63) is 118 Å². The number of hydrogen-bond acceptors (Lipinski definition) is 2. The van der Waals surface area contributed by atoms with Gasteiger partial charge in [-0.2, -0.15) is 0 Å². The Morgan fingerprint density at radius 1 is 0.500 bits per heavy atom. The van der Waals surface area contributed by atoms with Gasteiger partial charge in [0.25, 0.3) is 0 Å². The first kappa shape index (κ1) is 21.7. The number of ether oxygens (including phenoxy) is 2. The van der Waals surface area contributed by atoms with Gasteiger partial charge in [0.05, 0.1) is 0 Å². The van der Waals surface area contributed by atoms with Crippen molar-refractivity contribution < 1.29 is 9.47 Å². The monoisotopic (exact) mass is 422 g/mol. The highest BCUT2D eigenvalue weighted by Crippen LogP contribution is 2.32. The van der Waals surface area contributed by atoms with Crippen molar-refractivity contribution in [2.45, 2.75) is 40.5 Å². The van der Waals surface area contributed by atoms with Crippen LogP contribution in [0.5, 0.6) is 23.0 Å². The highest BCUT2D eigenvalue weighted by atomic mass is 16.5. The van der Waals surface area contributed by atoms with Gasteiger partial charge in [0, 0.05) is 5.92 Å². The molecule has 32 heavy (non-hydrogen) atoms. The standard InChI is InChI=1S/C30H30O2/c1-20-8-6-10-29(22(20)3)31-27-16-12-25(13-17-27)24(5)26-14-18-28(19-15-26)32-30-11-7-9-21(2)23(30)4/h6-19,24H,1-5H3. The molecule has 0 spiro atoms. The molecule has 0 N–H and O–H groups in total. The second-order valence-electron chi connectivity index (χ2n) is 8.46. The lowest BCUT2D eigenvalue weighted by Crippen LogP contribution is -1.97. The molecule has 0 aliphatic heterocycles. The average Bonchev–Trinajstić information content (AvgIpc) is 2.80. The lowest BCUT2D eigenvalue weighted by atomic mass is 9.93. The maximum Gasteiger partial charge on any atom is 0.130 e. The zero-order valence-electron chi connectivity index (χ0n) is 19.5. The Hall–Kier alpha value is -3.52. The third kappa shape index (κ3) is 4.70. The molecule has 0 amide bonds. The van der Waals surface area contributed by atoms with Gasteiger partial charge in [-0.25, -0.2) is 0 Å². The van der Waals surface area contributed by atoms with Crippen LogP contribution in [0.4, 0.5) is 0 Å². The van der Waals surface area contributed by atoms with E-state index in [9.17, 15) is 0 Å². The molecule has 4 rings (SSSR count). The van der Waals surface area contributed by atoms with E-state index < -0.39 is 0 Å². The predicted octanol–water partition coefficient (Wildman–Crippen LogP) is 8.66. The van der Waals surface area contributed by atoms with Gasteiger partial charge >= 0.3 is 0 Å². The van der Waals surface area contributed by atoms with E-state index >= 15 is 0 Å². The second-order valence-corrected chi connectivity index (χ2v) is 8.46. The van der Waals surface area contributed by atoms with Crippen molar-refractivity contribution in [1.82, 2.24) is 0 Å². The Kier molecular flexibility index (Phi) is 6.32. The van der Waals surface area contributed by atoms with Gasteiger partial charge in [-0.05, 0) is 97.5 Å². The number of benzene rings is 4. The lowest BCUT2D eigenvalue weighted by Gasteiger charge is -2.15.